The van der Waals surface area contributed by atoms with Crippen LogP contribution in [0.3, 0.4) is 0 Å². The van der Waals surface area contributed by atoms with E-state index in [0.717, 1.165) is 26.0 Å². The maximum absolute atomic E-state index is 12.2. The highest BCUT2D eigenvalue weighted by Gasteiger charge is 2.09. The molecular weight excluding hydrogens is 452 g/mol. The third-order valence-corrected chi connectivity index (χ3v) is 6.61. The van der Waals surface area contributed by atoms with Gasteiger partial charge in [0.05, 0.1) is 21.8 Å². The van der Waals surface area contributed by atoms with E-state index in [0.29, 0.717) is 23.1 Å². The number of halogens is 1. The van der Waals surface area contributed by atoms with Crippen LogP contribution in [-0.4, -0.2) is 29.9 Å². The molecule has 0 saturated carbocycles. The third-order valence-electron chi connectivity index (χ3n) is 4.17. The van der Waals surface area contributed by atoms with E-state index in [1.165, 1.54) is 0 Å². The number of hydrogen-bond acceptors (Lipinski definition) is 6. The van der Waals surface area contributed by atoms with Gasteiger partial charge < -0.3 is 14.8 Å². The van der Waals surface area contributed by atoms with Gasteiger partial charge in [0.25, 0.3) is 5.91 Å². The molecule has 0 aliphatic carbocycles. The van der Waals surface area contributed by atoms with E-state index in [1.54, 1.807) is 23.1 Å². The summed E-state index contributed by atoms with van der Waals surface area (Å²) in [6.07, 6.45) is 0. The number of hydrogen-bond donors (Lipinski definition) is 1. The Hall–Kier alpha value is -2.74. The molecule has 1 amide bonds. The first-order valence-electron chi connectivity index (χ1n) is 9.56. The molecule has 0 aliphatic heterocycles. The number of rotatable bonds is 9. The highest BCUT2D eigenvalue weighted by atomic mass is 35.5. The zero-order valence-corrected chi connectivity index (χ0v) is 18.8. The highest BCUT2D eigenvalue weighted by Crippen LogP contribution is 2.31. The lowest BCUT2D eigenvalue weighted by Crippen LogP contribution is -2.20. The fraction of sp³-hybridized carbons (Fsp3) is 0.130. The number of carbonyl (C=O) groups excluding carboxylic acids is 1. The zero-order chi connectivity index (χ0) is 21.5. The van der Waals surface area contributed by atoms with Crippen molar-refractivity contribution in [3.8, 4) is 11.5 Å². The van der Waals surface area contributed by atoms with Crippen LogP contribution in [0.2, 0.25) is 5.02 Å². The first-order chi connectivity index (χ1) is 15.2. The molecule has 4 rings (SSSR count). The number of para-hydroxylation sites is 2. The van der Waals surface area contributed by atoms with Gasteiger partial charge >= 0.3 is 0 Å². The minimum Gasteiger partial charge on any atom is -0.491 e. The van der Waals surface area contributed by atoms with E-state index >= 15 is 0 Å². The summed E-state index contributed by atoms with van der Waals surface area (Å²) in [4.78, 5) is 16.8. The van der Waals surface area contributed by atoms with Crippen LogP contribution in [-0.2, 0) is 4.79 Å². The van der Waals surface area contributed by atoms with Crippen molar-refractivity contribution in [1.82, 2.24) is 4.98 Å². The summed E-state index contributed by atoms with van der Waals surface area (Å²) in [5.74, 6) is 1.89. The number of thioether (sulfide) groups is 1. The van der Waals surface area contributed by atoms with Crippen molar-refractivity contribution >= 4 is 56.5 Å². The van der Waals surface area contributed by atoms with Gasteiger partial charge in [0.2, 0.25) is 0 Å². The summed E-state index contributed by atoms with van der Waals surface area (Å²) in [6.45, 7) is 0.490. The molecule has 0 unspecified atom stereocenters. The average molecular weight is 471 g/mol. The lowest BCUT2D eigenvalue weighted by Gasteiger charge is -2.07. The van der Waals surface area contributed by atoms with Crippen molar-refractivity contribution in [3.63, 3.8) is 0 Å². The van der Waals surface area contributed by atoms with Gasteiger partial charge in [-0.2, -0.15) is 0 Å². The number of nitrogens with one attached hydrogen (secondary N) is 1. The quantitative estimate of drug-likeness (QED) is 0.235. The number of fused-ring (bicyclic) bond motifs is 1. The first kappa shape index (κ1) is 21.5. The average Bonchev–Trinajstić information content (AvgIpc) is 3.19. The molecule has 0 radical (unpaired) electrons. The minimum atomic E-state index is -0.209. The fourth-order valence-electron chi connectivity index (χ4n) is 2.75. The summed E-state index contributed by atoms with van der Waals surface area (Å²) in [5.41, 5.74) is 1.62. The first-order valence-corrected chi connectivity index (χ1v) is 11.7. The van der Waals surface area contributed by atoms with Crippen molar-refractivity contribution in [2.24, 2.45) is 0 Å². The maximum Gasteiger partial charge on any atom is 0.262 e. The van der Waals surface area contributed by atoms with Gasteiger partial charge in [-0.25, -0.2) is 4.98 Å². The standard InChI is InChI=1S/C23H19ClN2O3S2/c24-18-8-4-5-9-20(18)28-12-13-30-23-26-19-11-10-16(14-21(19)31-23)25-22(27)15-29-17-6-2-1-3-7-17/h1-11,14H,12-13,15H2,(H,25,27). The zero-order valence-electron chi connectivity index (χ0n) is 16.4. The number of carbonyl (C=O) groups is 1. The van der Waals surface area contributed by atoms with Gasteiger partial charge in [0.1, 0.15) is 11.5 Å². The summed E-state index contributed by atoms with van der Waals surface area (Å²) >= 11 is 9.31. The second-order valence-corrected chi connectivity index (χ2v) is 9.22. The second-order valence-electron chi connectivity index (χ2n) is 6.44. The van der Waals surface area contributed by atoms with E-state index in [1.807, 2.05) is 72.8 Å². The van der Waals surface area contributed by atoms with Crippen molar-refractivity contribution in [1.29, 1.82) is 0 Å². The number of ether oxygens (including phenoxy) is 2. The highest BCUT2D eigenvalue weighted by molar-refractivity contribution is 8.01. The van der Waals surface area contributed by atoms with Gasteiger partial charge in [-0.1, -0.05) is 53.7 Å². The molecule has 0 saturated heterocycles. The fourth-order valence-corrected chi connectivity index (χ4v) is 4.93. The molecule has 3 aromatic carbocycles. The number of thiazole rings is 1. The minimum absolute atomic E-state index is 0.0444. The van der Waals surface area contributed by atoms with Crippen molar-refractivity contribution in [2.75, 3.05) is 24.3 Å². The van der Waals surface area contributed by atoms with Crippen molar-refractivity contribution in [3.05, 3.63) is 77.8 Å². The van der Waals surface area contributed by atoms with Crippen LogP contribution in [0.1, 0.15) is 0 Å². The Kier molecular flexibility index (Phi) is 7.30. The molecule has 1 N–H and O–H groups in total. The lowest BCUT2D eigenvalue weighted by atomic mass is 10.3. The molecule has 0 spiro atoms. The second kappa shape index (κ2) is 10.5. The van der Waals surface area contributed by atoms with Gasteiger partial charge in [-0.05, 0) is 42.5 Å². The Morgan fingerprint density at radius 3 is 2.68 bits per heavy atom. The van der Waals surface area contributed by atoms with Crippen molar-refractivity contribution < 1.29 is 14.3 Å². The van der Waals surface area contributed by atoms with Gasteiger partial charge in [-0.3, -0.25) is 4.79 Å². The van der Waals surface area contributed by atoms with E-state index < -0.39 is 0 Å². The third kappa shape index (κ3) is 6.13. The Morgan fingerprint density at radius 1 is 1.03 bits per heavy atom. The molecule has 1 heterocycles. The SMILES string of the molecule is O=C(COc1ccccc1)Nc1ccc2nc(SCCOc3ccccc3Cl)sc2c1. The molecule has 8 heteroatoms. The normalized spacial score (nSPS) is 10.7. The molecule has 0 fully saturated rings. The Balaban J connectivity index is 1.28. The van der Waals surface area contributed by atoms with E-state index in [2.05, 4.69) is 10.3 Å². The maximum atomic E-state index is 12.2. The summed E-state index contributed by atoms with van der Waals surface area (Å²) in [6, 6.07) is 22.4. The number of aromatic nitrogens is 1. The summed E-state index contributed by atoms with van der Waals surface area (Å²) in [5, 5.41) is 3.47. The number of amides is 1. The smallest absolute Gasteiger partial charge is 0.262 e. The van der Waals surface area contributed by atoms with E-state index in [4.69, 9.17) is 21.1 Å². The Bertz CT molecular complexity index is 1170. The molecule has 1 aromatic heterocycles. The van der Waals surface area contributed by atoms with E-state index in [-0.39, 0.29) is 12.5 Å². The monoisotopic (exact) mass is 470 g/mol. The van der Waals surface area contributed by atoms with Crippen LogP contribution in [0, 0.1) is 0 Å². The molecule has 158 valence electrons. The number of nitrogens with zero attached hydrogens (tertiary/aromatic N) is 1. The van der Waals surface area contributed by atoms with Crippen LogP contribution in [0.15, 0.2) is 77.1 Å². The van der Waals surface area contributed by atoms with Gasteiger partial charge in [0.15, 0.2) is 10.9 Å². The Labute approximate surface area is 193 Å². The van der Waals surface area contributed by atoms with E-state index in [9.17, 15) is 4.79 Å². The molecule has 0 aliphatic rings. The predicted octanol–water partition coefficient (Wildman–Crippen LogP) is 6.14. The molecule has 0 bridgehead atoms. The summed E-state index contributed by atoms with van der Waals surface area (Å²) < 4.78 is 13.2. The molecular formula is C23H19ClN2O3S2. The largest absolute Gasteiger partial charge is 0.491 e. The van der Waals surface area contributed by atoms with Crippen LogP contribution in [0.25, 0.3) is 10.2 Å². The van der Waals surface area contributed by atoms with Crippen LogP contribution in [0.4, 0.5) is 5.69 Å². The van der Waals surface area contributed by atoms with Crippen LogP contribution in [0.5, 0.6) is 11.5 Å². The van der Waals surface area contributed by atoms with Crippen LogP contribution < -0.4 is 14.8 Å². The topological polar surface area (TPSA) is 60.5 Å². The van der Waals surface area contributed by atoms with Crippen molar-refractivity contribution in [2.45, 2.75) is 4.34 Å². The molecule has 0 atom stereocenters. The van der Waals surface area contributed by atoms with Crippen LogP contribution >= 0.6 is 34.7 Å². The van der Waals surface area contributed by atoms with Gasteiger partial charge in [0, 0.05) is 11.4 Å². The Morgan fingerprint density at radius 2 is 1.84 bits per heavy atom. The number of anilines is 1. The molecule has 5 nitrogen and oxygen atoms in total. The number of benzene rings is 3. The molecule has 31 heavy (non-hydrogen) atoms. The lowest BCUT2D eigenvalue weighted by molar-refractivity contribution is -0.118. The molecule has 4 aromatic rings. The predicted molar refractivity (Wildman–Crippen MR) is 128 cm³/mol. The summed E-state index contributed by atoms with van der Waals surface area (Å²) in [7, 11) is 0. The van der Waals surface area contributed by atoms with Gasteiger partial charge in [-0.15, -0.1) is 11.3 Å².